The number of nitrogens with zero attached hydrogens (tertiary/aromatic N) is 1. The molecule has 0 bridgehead atoms. The Morgan fingerprint density at radius 2 is 1.83 bits per heavy atom. The molecule has 1 atom stereocenters. The second kappa shape index (κ2) is 7.93. The van der Waals surface area contributed by atoms with Gasteiger partial charge in [0.15, 0.2) is 0 Å². The second-order valence-electron chi connectivity index (χ2n) is 6.01. The predicted octanol–water partition coefficient (Wildman–Crippen LogP) is 3.28. The average molecular weight is 332 g/mol. The van der Waals surface area contributed by atoms with Gasteiger partial charge in [0, 0.05) is 24.7 Å². The molecule has 122 valence electrons. The molecule has 0 unspecified atom stereocenters. The van der Waals surface area contributed by atoms with Gasteiger partial charge in [-0.2, -0.15) is 0 Å². The van der Waals surface area contributed by atoms with Crippen molar-refractivity contribution in [3.8, 4) is 0 Å². The Kier molecular flexibility index (Phi) is 5.68. The van der Waals surface area contributed by atoms with Crippen molar-refractivity contribution >= 4 is 11.6 Å². The van der Waals surface area contributed by atoms with Crippen LogP contribution in [0.4, 0.5) is 0 Å². The number of fused-ring (bicyclic) bond motifs is 1. The molecule has 1 heterocycles. The zero-order valence-electron chi connectivity index (χ0n) is 13.1. The number of aliphatic hydroxyl groups is 1. The van der Waals surface area contributed by atoms with Gasteiger partial charge in [0.2, 0.25) is 0 Å². The first kappa shape index (κ1) is 16.5. The molecule has 0 amide bonds. The van der Waals surface area contributed by atoms with Crippen molar-refractivity contribution in [3.63, 3.8) is 0 Å². The fourth-order valence-electron chi connectivity index (χ4n) is 2.98. The number of hydrogen-bond donors (Lipinski definition) is 1. The van der Waals surface area contributed by atoms with Crippen molar-refractivity contribution in [1.82, 2.24) is 4.90 Å². The Balaban J connectivity index is 1.43. The Hall–Kier alpha value is -1.39. The summed E-state index contributed by atoms with van der Waals surface area (Å²) >= 11 is 6.09. The monoisotopic (exact) mass is 331 g/mol. The summed E-state index contributed by atoms with van der Waals surface area (Å²) in [6.07, 6.45) is 0.561. The van der Waals surface area contributed by atoms with Crippen LogP contribution in [0.15, 0.2) is 48.5 Å². The maximum Gasteiger partial charge on any atom is 0.0900 e. The molecule has 0 fully saturated rings. The van der Waals surface area contributed by atoms with Crippen LogP contribution in [0.3, 0.4) is 0 Å². The van der Waals surface area contributed by atoms with Crippen molar-refractivity contribution in [1.29, 1.82) is 0 Å². The molecular weight excluding hydrogens is 310 g/mol. The smallest absolute Gasteiger partial charge is 0.0900 e. The number of β-amino-alcohol motifs (C(OH)–C–C–N with tert-alkyl or cyclic N) is 1. The van der Waals surface area contributed by atoms with E-state index in [9.17, 15) is 5.11 Å². The predicted molar refractivity (Wildman–Crippen MR) is 92.5 cm³/mol. The molecule has 1 aliphatic heterocycles. The molecule has 0 saturated heterocycles. The van der Waals surface area contributed by atoms with E-state index in [1.165, 1.54) is 11.1 Å². The lowest BCUT2D eigenvalue weighted by atomic mass is 10.00. The fourth-order valence-corrected chi connectivity index (χ4v) is 3.17. The van der Waals surface area contributed by atoms with E-state index in [-0.39, 0.29) is 0 Å². The summed E-state index contributed by atoms with van der Waals surface area (Å²) in [7, 11) is 0. The van der Waals surface area contributed by atoms with Crippen LogP contribution >= 0.6 is 11.6 Å². The number of rotatable bonds is 6. The summed E-state index contributed by atoms with van der Waals surface area (Å²) < 4.78 is 5.61. The first-order valence-corrected chi connectivity index (χ1v) is 8.38. The third kappa shape index (κ3) is 4.55. The third-order valence-corrected chi connectivity index (χ3v) is 4.57. The number of ether oxygens (including phenoxy) is 1. The second-order valence-corrected chi connectivity index (χ2v) is 6.42. The van der Waals surface area contributed by atoms with Gasteiger partial charge < -0.3 is 9.84 Å². The first-order chi connectivity index (χ1) is 11.2. The highest BCUT2D eigenvalue weighted by molar-refractivity contribution is 6.31. The van der Waals surface area contributed by atoms with Crippen LogP contribution in [0.5, 0.6) is 0 Å². The molecule has 0 spiro atoms. The summed E-state index contributed by atoms with van der Waals surface area (Å²) in [6, 6.07) is 16.1. The Morgan fingerprint density at radius 3 is 2.65 bits per heavy atom. The van der Waals surface area contributed by atoms with E-state index in [4.69, 9.17) is 16.3 Å². The Morgan fingerprint density at radius 1 is 1.09 bits per heavy atom. The number of hydrogen-bond acceptors (Lipinski definition) is 3. The Labute approximate surface area is 142 Å². The average Bonchev–Trinajstić information content (AvgIpc) is 2.56. The van der Waals surface area contributed by atoms with Gasteiger partial charge in [-0.05, 0) is 29.2 Å². The minimum atomic E-state index is -0.484. The van der Waals surface area contributed by atoms with Crippen LogP contribution in [0.2, 0.25) is 5.02 Å². The molecule has 4 heteroatoms. The van der Waals surface area contributed by atoms with E-state index >= 15 is 0 Å². The fraction of sp³-hybridized carbons (Fsp3) is 0.368. The number of halogens is 1. The van der Waals surface area contributed by atoms with Crippen LogP contribution in [-0.4, -0.2) is 35.8 Å². The van der Waals surface area contributed by atoms with Crippen LogP contribution in [0.1, 0.15) is 16.7 Å². The zero-order valence-corrected chi connectivity index (χ0v) is 13.9. The lowest BCUT2D eigenvalue weighted by Gasteiger charge is -2.30. The van der Waals surface area contributed by atoms with Gasteiger partial charge in [0.25, 0.3) is 0 Å². The van der Waals surface area contributed by atoms with E-state index in [0.717, 1.165) is 25.1 Å². The number of aliphatic hydroxyl groups excluding tert-OH is 1. The minimum absolute atomic E-state index is 0.323. The van der Waals surface area contributed by atoms with Crippen molar-refractivity contribution in [2.45, 2.75) is 25.7 Å². The maximum atomic E-state index is 10.2. The van der Waals surface area contributed by atoms with Crippen LogP contribution in [-0.2, 0) is 24.3 Å². The van der Waals surface area contributed by atoms with E-state index in [2.05, 4.69) is 29.2 Å². The molecule has 23 heavy (non-hydrogen) atoms. The van der Waals surface area contributed by atoms with E-state index in [0.29, 0.717) is 24.8 Å². The van der Waals surface area contributed by atoms with Gasteiger partial charge >= 0.3 is 0 Å². The normalized spacial score (nSPS) is 16.1. The molecule has 1 aliphatic rings. The zero-order chi connectivity index (χ0) is 16.1. The molecule has 0 aliphatic carbocycles. The largest absolute Gasteiger partial charge is 0.389 e. The molecular formula is C19H22ClNO2. The summed E-state index contributed by atoms with van der Waals surface area (Å²) in [5.41, 5.74) is 3.74. The molecule has 2 aromatic rings. The van der Waals surface area contributed by atoms with Crippen molar-refractivity contribution < 1.29 is 9.84 Å². The standard InChI is InChI=1S/C19H22ClNO2/c20-19-8-4-3-7-17(19)13-23-14-18(22)12-21-10-9-15-5-1-2-6-16(15)11-21/h1-8,18,22H,9-14H2/t18-/m1/s1. The topological polar surface area (TPSA) is 32.7 Å². The lowest BCUT2D eigenvalue weighted by molar-refractivity contribution is 0.00776. The van der Waals surface area contributed by atoms with Crippen LogP contribution < -0.4 is 0 Å². The molecule has 0 radical (unpaired) electrons. The van der Waals surface area contributed by atoms with Crippen LogP contribution in [0.25, 0.3) is 0 Å². The van der Waals surface area contributed by atoms with Crippen LogP contribution in [0, 0.1) is 0 Å². The highest BCUT2D eigenvalue weighted by atomic mass is 35.5. The first-order valence-electron chi connectivity index (χ1n) is 8.01. The van der Waals surface area contributed by atoms with Gasteiger partial charge in [-0.3, -0.25) is 4.90 Å². The van der Waals surface area contributed by atoms with E-state index in [1.807, 2.05) is 24.3 Å². The summed E-state index contributed by atoms with van der Waals surface area (Å²) in [5.74, 6) is 0. The molecule has 3 nitrogen and oxygen atoms in total. The molecule has 2 aromatic carbocycles. The SMILES string of the molecule is O[C@@H](COCc1ccccc1Cl)CN1CCc2ccccc2C1. The molecule has 3 rings (SSSR count). The highest BCUT2D eigenvalue weighted by Crippen LogP contribution is 2.19. The van der Waals surface area contributed by atoms with Gasteiger partial charge in [0.05, 0.1) is 19.3 Å². The van der Waals surface area contributed by atoms with Gasteiger partial charge in [-0.25, -0.2) is 0 Å². The minimum Gasteiger partial charge on any atom is -0.389 e. The summed E-state index contributed by atoms with van der Waals surface area (Å²) in [4.78, 5) is 2.28. The van der Waals surface area contributed by atoms with Gasteiger partial charge in [-0.1, -0.05) is 54.1 Å². The molecule has 0 saturated carbocycles. The van der Waals surface area contributed by atoms with E-state index in [1.54, 1.807) is 0 Å². The maximum absolute atomic E-state index is 10.2. The van der Waals surface area contributed by atoms with Crippen molar-refractivity contribution in [3.05, 3.63) is 70.2 Å². The quantitative estimate of drug-likeness (QED) is 0.881. The molecule has 0 aromatic heterocycles. The van der Waals surface area contributed by atoms with Gasteiger partial charge in [-0.15, -0.1) is 0 Å². The number of benzene rings is 2. The molecule has 1 N–H and O–H groups in total. The highest BCUT2D eigenvalue weighted by Gasteiger charge is 2.18. The Bertz CT molecular complexity index is 647. The van der Waals surface area contributed by atoms with Crippen molar-refractivity contribution in [2.75, 3.05) is 19.7 Å². The summed E-state index contributed by atoms with van der Waals surface area (Å²) in [5, 5.41) is 10.9. The summed E-state index contributed by atoms with van der Waals surface area (Å²) in [6.45, 7) is 3.27. The van der Waals surface area contributed by atoms with Crippen molar-refractivity contribution in [2.24, 2.45) is 0 Å². The third-order valence-electron chi connectivity index (χ3n) is 4.20. The lowest BCUT2D eigenvalue weighted by Crippen LogP contribution is -2.38. The van der Waals surface area contributed by atoms with Gasteiger partial charge in [0.1, 0.15) is 0 Å². The van der Waals surface area contributed by atoms with E-state index < -0.39 is 6.10 Å².